The summed E-state index contributed by atoms with van der Waals surface area (Å²) in [6.07, 6.45) is 16.0. The van der Waals surface area contributed by atoms with Gasteiger partial charge in [-0.25, -0.2) is 4.98 Å². The van der Waals surface area contributed by atoms with Gasteiger partial charge in [0.15, 0.2) is 0 Å². The Hall–Kier alpha value is -2.87. The van der Waals surface area contributed by atoms with Crippen LogP contribution in [0.2, 0.25) is 0 Å². The number of imidazole rings is 1. The molecule has 1 aliphatic carbocycles. The van der Waals surface area contributed by atoms with Crippen molar-refractivity contribution in [2.45, 2.75) is 26.2 Å². The lowest BCUT2D eigenvalue weighted by Gasteiger charge is -2.11. The number of para-hydroxylation sites is 1. The normalized spacial score (nSPS) is 18.0. The largest absolute Gasteiger partial charge is 0.292 e. The van der Waals surface area contributed by atoms with Crippen molar-refractivity contribution in [1.82, 2.24) is 9.38 Å². The van der Waals surface area contributed by atoms with Crippen molar-refractivity contribution in [3.05, 3.63) is 90.4 Å². The van der Waals surface area contributed by atoms with Gasteiger partial charge in [-0.3, -0.25) is 4.40 Å². The maximum atomic E-state index is 5.09. The summed E-state index contributed by atoms with van der Waals surface area (Å²) in [5, 5.41) is 1.23. The summed E-state index contributed by atoms with van der Waals surface area (Å²) in [6, 6.07) is 12.9. The van der Waals surface area contributed by atoms with E-state index in [1.807, 2.05) is 13.0 Å². The highest BCUT2D eigenvalue weighted by atomic mass is 15.0. The van der Waals surface area contributed by atoms with E-state index < -0.39 is 0 Å². The molecule has 2 aromatic heterocycles. The van der Waals surface area contributed by atoms with Crippen molar-refractivity contribution in [2.75, 3.05) is 0 Å². The predicted molar refractivity (Wildman–Crippen MR) is 107 cm³/mol. The molecule has 0 saturated carbocycles. The fourth-order valence-electron chi connectivity index (χ4n) is 3.49. The first-order valence-electron chi connectivity index (χ1n) is 8.83. The molecule has 1 aromatic carbocycles. The zero-order chi connectivity index (χ0) is 17.2. The van der Waals surface area contributed by atoms with E-state index in [-0.39, 0.29) is 0 Å². The van der Waals surface area contributed by atoms with Gasteiger partial charge in [-0.15, -0.1) is 0 Å². The monoisotopic (exact) mass is 326 g/mol. The smallest absolute Gasteiger partial charge is 0.140 e. The molecule has 0 N–H and O–H groups in total. The maximum Gasteiger partial charge on any atom is 0.140 e. The van der Waals surface area contributed by atoms with E-state index >= 15 is 0 Å². The number of benzene rings is 1. The minimum atomic E-state index is 0.337. The Morgan fingerprint density at radius 1 is 1.12 bits per heavy atom. The lowest BCUT2D eigenvalue weighted by Crippen LogP contribution is -1.97. The number of aromatic nitrogens is 2. The molecule has 0 bridgehead atoms. The molecule has 1 aliphatic rings. The van der Waals surface area contributed by atoms with Crippen LogP contribution in [-0.2, 0) is 0 Å². The topological polar surface area (TPSA) is 17.3 Å². The molecule has 0 amide bonds. The molecule has 0 fully saturated rings. The molecule has 0 spiro atoms. The molecule has 2 heterocycles. The first-order chi connectivity index (χ1) is 12.3. The third kappa shape index (κ3) is 2.74. The minimum Gasteiger partial charge on any atom is -0.292 e. The van der Waals surface area contributed by atoms with Crippen LogP contribution in [0.3, 0.4) is 0 Å². The molecule has 0 radical (unpaired) electrons. The Bertz CT molecular complexity index is 1040. The zero-order valence-electron chi connectivity index (χ0n) is 14.7. The summed E-state index contributed by atoms with van der Waals surface area (Å²) in [6.45, 7) is 4.17. The van der Waals surface area contributed by atoms with Crippen molar-refractivity contribution >= 4 is 22.0 Å². The summed E-state index contributed by atoms with van der Waals surface area (Å²) < 4.78 is 2.31. The van der Waals surface area contributed by atoms with Gasteiger partial charge in [0.1, 0.15) is 5.82 Å². The molecule has 1 atom stereocenters. The van der Waals surface area contributed by atoms with E-state index in [0.29, 0.717) is 5.92 Å². The highest BCUT2D eigenvalue weighted by Gasteiger charge is 2.20. The molecular weight excluding hydrogens is 304 g/mol. The average Bonchev–Trinajstić information content (AvgIpc) is 3.07. The highest BCUT2D eigenvalue weighted by molar-refractivity contribution is 5.85. The van der Waals surface area contributed by atoms with Gasteiger partial charge in [0, 0.05) is 5.92 Å². The number of nitrogens with zero attached hydrogens (tertiary/aromatic N) is 2. The number of pyridine rings is 1. The summed E-state index contributed by atoms with van der Waals surface area (Å²) in [7, 11) is 0. The first-order valence-corrected chi connectivity index (χ1v) is 8.83. The first kappa shape index (κ1) is 15.6. The third-order valence-electron chi connectivity index (χ3n) is 4.76. The molecule has 0 aliphatic heterocycles. The van der Waals surface area contributed by atoms with Crippen molar-refractivity contribution in [3.63, 3.8) is 0 Å². The highest BCUT2D eigenvalue weighted by Crippen LogP contribution is 2.32. The lowest BCUT2D eigenvalue weighted by atomic mass is 9.96. The quantitative estimate of drug-likeness (QED) is 0.534. The van der Waals surface area contributed by atoms with Crippen molar-refractivity contribution in [2.24, 2.45) is 0 Å². The second kappa shape index (κ2) is 6.56. The van der Waals surface area contributed by atoms with Gasteiger partial charge in [-0.2, -0.15) is 0 Å². The Morgan fingerprint density at radius 3 is 2.80 bits per heavy atom. The molecule has 2 heteroatoms. The van der Waals surface area contributed by atoms with E-state index in [1.54, 1.807) is 0 Å². The van der Waals surface area contributed by atoms with Crippen LogP contribution in [0.5, 0.6) is 0 Å². The summed E-state index contributed by atoms with van der Waals surface area (Å²) in [5.41, 5.74) is 4.74. The minimum absolute atomic E-state index is 0.337. The Balaban J connectivity index is 2.03. The van der Waals surface area contributed by atoms with Gasteiger partial charge < -0.3 is 0 Å². The van der Waals surface area contributed by atoms with Gasteiger partial charge in [0.05, 0.1) is 16.7 Å². The van der Waals surface area contributed by atoms with Crippen LogP contribution in [0.15, 0.2) is 78.9 Å². The predicted octanol–water partition coefficient (Wildman–Crippen LogP) is 6.07. The number of hydrogen-bond acceptors (Lipinski definition) is 1. The number of allylic oxidation sites excluding steroid dienone is 8. The second-order valence-electron chi connectivity index (χ2n) is 6.46. The van der Waals surface area contributed by atoms with Gasteiger partial charge >= 0.3 is 0 Å². The average molecular weight is 326 g/mol. The van der Waals surface area contributed by atoms with Crippen LogP contribution in [0, 0.1) is 0 Å². The van der Waals surface area contributed by atoms with E-state index in [1.165, 1.54) is 22.0 Å². The standard InChI is InChI=1S/C23H22N2/c1-3-4-10-17(2)23-24-22(19-12-6-5-7-13-19)21-16-15-18-11-8-9-14-20(18)25(21)23/h3-12,14-16,19H,13H2,1-2H3/b4-3-,17-10+. The Kier molecular flexibility index (Phi) is 4.10. The van der Waals surface area contributed by atoms with Crippen LogP contribution in [-0.4, -0.2) is 9.38 Å². The molecule has 4 rings (SSSR count). The van der Waals surface area contributed by atoms with Crippen molar-refractivity contribution in [3.8, 4) is 0 Å². The van der Waals surface area contributed by atoms with Gasteiger partial charge in [0.25, 0.3) is 0 Å². The van der Waals surface area contributed by atoms with E-state index in [2.05, 4.69) is 84.2 Å². The summed E-state index contributed by atoms with van der Waals surface area (Å²) >= 11 is 0. The molecule has 0 saturated heterocycles. The number of hydrogen-bond donors (Lipinski definition) is 0. The molecular formula is C23H22N2. The van der Waals surface area contributed by atoms with Crippen LogP contribution in [0.1, 0.15) is 37.7 Å². The van der Waals surface area contributed by atoms with Crippen LogP contribution in [0.4, 0.5) is 0 Å². The number of rotatable bonds is 3. The maximum absolute atomic E-state index is 5.09. The molecule has 2 nitrogen and oxygen atoms in total. The van der Waals surface area contributed by atoms with Crippen molar-refractivity contribution in [1.29, 1.82) is 0 Å². The SMILES string of the molecule is C/C=C\C=C(/C)c1nc(C2C=CC=CC2)c2ccc3ccccc3n12. The van der Waals surface area contributed by atoms with E-state index in [0.717, 1.165) is 17.9 Å². The molecule has 1 unspecified atom stereocenters. The zero-order valence-corrected chi connectivity index (χ0v) is 14.7. The molecule has 124 valence electrons. The number of fused-ring (bicyclic) bond motifs is 3. The second-order valence-corrected chi connectivity index (χ2v) is 6.46. The Morgan fingerprint density at radius 2 is 2.00 bits per heavy atom. The summed E-state index contributed by atoms with van der Waals surface area (Å²) in [5.74, 6) is 1.37. The lowest BCUT2D eigenvalue weighted by molar-refractivity contribution is 0.830. The fourth-order valence-corrected chi connectivity index (χ4v) is 3.49. The van der Waals surface area contributed by atoms with Gasteiger partial charge in [0.2, 0.25) is 0 Å². The fraction of sp³-hybridized carbons (Fsp3) is 0.174. The third-order valence-corrected chi connectivity index (χ3v) is 4.76. The van der Waals surface area contributed by atoms with Crippen molar-refractivity contribution < 1.29 is 0 Å². The van der Waals surface area contributed by atoms with Crippen LogP contribution < -0.4 is 0 Å². The molecule has 3 aromatic rings. The van der Waals surface area contributed by atoms with Crippen LogP contribution in [0.25, 0.3) is 22.0 Å². The molecule has 25 heavy (non-hydrogen) atoms. The van der Waals surface area contributed by atoms with Crippen LogP contribution >= 0.6 is 0 Å². The summed E-state index contributed by atoms with van der Waals surface area (Å²) in [4.78, 5) is 5.09. The van der Waals surface area contributed by atoms with Gasteiger partial charge in [-0.1, -0.05) is 66.8 Å². The van der Waals surface area contributed by atoms with Gasteiger partial charge in [-0.05, 0) is 43.4 Å². The van der Waals surface area contributed by atoms with E-state index in [4.69, 9.17) is 4.98 Å². The Labute approximate surface area is 148 Å². The van der Waals surface area contributed by atoms with E-state index in [9.17, 15) is 0 Å².